The topological polar surface area (TPSA) is 91.3 Å². The van der Waals surface area contributed by atoms with Crippen LogP contribution >= 0.6 is 11.3 Å². The third-order valence-corrected chi connectivity index (χ3v) is 3.86. The fourth-order valence-electron chi connectivity index (χ4n) is 1.66. The molecule has 6 nitrogen and oxygen atoms in total. The number of aromatic nitrogens is 1. The fraction of sp³-hybridized carbons (Fsp3) is 0.214. The highest BCUT2D eigenvalue weighted by molar-refractivity contribution is 7.15. The van der Waals surface area contributed by atoms with Crippen LogP contribution < -0.4 is 10.6 Å². The number of carbonyl (C=O) groups excluding carboxylic acids is 1. The molecule has 1 aromatic carbocycles. The lowest BCUT2D eigenvalue weighted by atomic mass is 10.1. The molecule has 3 N–H and O–H groups in total. The highest BCUT2D eigenvalue weighted by atomic mass is 32.1. The van der Waals surface area contributed by atoms with Crippen LogP contribution in [0.1, 0.15) is 26.5 Å². The van der Waals surface area contributed by atoms with Gasteiger partial charge in [0.25, 0.3) is 0 Å². The molecule has 0 unspecified atom stereocenters. The van der Waals surface area contributed by atoms with Gasteiger partial charge in [0.15, 0.2) is 5.13 Å². The van der Waals surface area contributed by atoms with E-state index < -0.39 is 5.97 Å². The summed E-state index contributed by atoms with van der Waals surface area (Å²) in [5, 5.41) is 14.8. The predicted molar refractivity (Wildman–Crippen MR) is 80.8 cm³/mol. The number of anilines is 1. The number of carbonyl (C=O) groups is 2. The average molecular weight is 305 g/mol. The number of amides is 2. The van der Waals surface area contributed by atoms with Crippen LogP contribution in [0.15, 0.2) is 24.3 Å². The van der Waals surface area contributed by atoms with Gasteiger partial charge in [-0.15, -0.1) is 11.3 Å². The molecule has 0 saturated heterocycles. The molecule has 110 valence electrons. The molecule has 0 radical (unpaired) electrons. The van der Waals surface area contributed by atoms with Gasteiger partial charge in [-0.05, 0) is 31.5 Å². The van der Waals surface area contributed by atoms with Crippen molar-refractivity contribution in [2.24, 2.45) is 0 Å². The van der Waals surface area contributed by atoms with Gasteiger partial charge in [-0.25, -0.2) is 14.6 Å². The van der Waals surface area contributed by atoms with Crippen LogP contribution in [0.5, 0.6) is 0 Å². The van der Waals surface area contributed by atoms with Gasteiger partial charge < -0.3 is 10.4 Å². The molecule has 2 amide bonds. The molecule has 2 aromatic rings. The molecular formula is C14H15N3O3S. The Kier molecular flexibility index (Phi) is 4.54. The van der Waals surface area contributed by atoms with Crippen molar-refractivity contribution in [3.8, 4) is 0 Å². The van der Waals surface area contributed by atoms with Crippen LogP contribution in [0.4, 0.5) is 9.93 Å². The predicted octanol–water partition coefficient (Wildman–Crippen LogP) is 2.78. The monoisotopic (exact) mass is 305 g/mol. The molecule has 0 aliphatic rings. The quantitative estimate of drug-likeness (QED) is 0.810. The van der Waals surface area contributed by atoms with Gasteiger partial charge in [-0.2, -0.15) is 0 Å². The van der Waals surface area contributed by atoms with Crippen LogP contribution in [0.25, 0.3) is 0 Å². The molecule has 1 heterocycles. The standard InChI is InChI=1S/C14H15N3O3S/c1-8-9(2)21-14(16-8)17-13(20)15-7-10-4-3-5-11(6-10)12(18)19/h3-6H,7H2,1-2H3,(H,18,19)(H2,15,16,17,20). The Labute approximate surface area is 125 Å². The number of nitrogens with zero attached hydrogens (tertiary/aromatic N) is 1. The molecule has 21 heavy (non-hydrogen) atoms. The summed E-state index contributed by atoms with van der Waals surface area (Å²) >= 11 is 1.41. The zero-order chi connectivity index (χ0) is 15.4. The van der Waals surface area contributed by atoms with E-state index in [0.717, 1.165) is 16.1 Å². The molecule has 7 heteroatoms. The van der Waals surface area contributed by atoms with Crippen LogP contribution in [-0.2, 0) is 6.54 Å². The van der Waals surface area contributed by atoms with Crippen molar-refractivity contribution in [3.63, 3.8) is 0 Å². The maximum absolute atomic E-state index is 11.8. The lowest BCUT2D eigenvalue weighted by Gasteiger charge is -2.06. The number of carboxylic acids is 1. The van der Waals surface area contributed by atoms with Crippen molar-refractivity contribution in [3.05, 3.63) is 46.0 Å². The molecular weight excluding hydrogens is 290 g/mol. The first-order chi connectivity index (χ1) is 9.95. The van der Waals surface area contributed by atoms with E-state index in [0.29, 0.717) is 5.13 Å². The summed E-state index contributed by atoms with van der Waals surface area (Å²) in [6, 6.07) is 6.06. The highest BCUT2D eigenvalue weighted by Crippen LogP contribution is 2.20. The fourth-order valence-corrected chi connectivity index (χ4v) is 2.47. The highest BCUT2D eigenvalue weighted by Gasteiger charge is 2.08. The van der Waals surface area contributed by atoms with Gasteiger partial charge in [0.2, 0.25) is 0 Å². The van der Waals surface area contributed by atoms with Crippen molar-refractivity contribution in [1.29, 1.82) is 0 Å². The van der Waals surface area contributed by atoms with Gasteiger partial charge in [0.1, 0.15) is 0 Å². The first kappa shape index (κ1) is 15.0. The molecule has 0 aliphatic carbocycles. The summed E-state index contributed by atoms with van der Waals surface area (Å²) in [5.74, 6) is -0.991. The normalized spacial score (nSPS) is 10.2. The Morgan fingerprint density at radius 1 is 1.33 bits per heavy atom. The smallest absolute Gasteiger partial charge is 0.335 e. The second-order valence-corrected chi connectivity index (χ2v) is 5.68. The zero-order valence-corrected chi connectivity index (χ0v) is 12.5. The maximum atomic E-state index is 11.8. The molecule has 0 spiro atoms. The minimum atomic E-state index is -0.991. The summed E-state index contributed by atoms with van der Waals surface area (Å²) in [4.78, 5) is 27.9. The lowest BCUT2D eigenvalue weighted by Crippen LogP contribution is -2.28. The molecule has 0 fully saturated rings. The minimum absolute atomic E-state index is 0.195. The first-order valence-corrected chi connectivity index (χ1v) is 7.08. The van der Waals surface area contributed by atoms with Crippen molar-refractivity contribution in [2.45, 2.75) is 20.4 Å². The molecule has 1 aromatic heterocycles. The molecule has 2 rings (SSSR count). The number of rotatable bonds is 4. The Hall–Kier alpha value is -2.41. The number of aromatic carboxylic acids is 1. The van der Waals surface area contributed by atoms with Gasteiger partial charge in [0, 0.05) is 11.4 Å². The number of urea groups is 1. The van der Waals surface area contributed by atoms with Gasteiger partial charge in [0.05, 0.1) is 11.3 Å². The Balaban J connectivity index is 1.92. The third-order valence-electron chi connectivity index (χ3n) is 2.88. The summed E-state index contributed by atoms with van der Waals surface area (Å²) in [6.07, 6.45) is 0. The number of benzene rings is 1. The first-order valence-electron chi connectivity index (χ1n) is 6.27. The van der Waals surface area contributed by atoms with Crippen molar-refractivity contribution < 1.29 is 14.7 Å². The number of hydrogen-bond donors (Lipinski definition) is 3. The van der Waals surface area contributed by atoms with E-state index in [2.05, 4.69) is 15.6 Å². The van der Waals surface area contributed by atoms with Crippen molar-refractivity contribution in [2.75, 3.05) is 5.32 Å². The summed E-state index contributed by atoms with van der Waals surface area (Å²) in [5.41, 5.74) is 1.81. The van der Waals surface area contributed by atoms with Crippen LogP contribution in [-0.4, -0.2) is 22.1 Å². The van der Waals surface area contributed by atoms with Crippen molar-refractivity contribution >= 4 is 28.5 Å². The average Bonchev–Trinajstić information content (AvgIpc) is 2.75. The molecule has 0 saturated carbocycles. The van der Waals surface area contributed by atoms with E-state index in [-0.39, 0.29) is 18.1 Å². The SMILES string of the molecule is Cc1nc(NC(=O)NCc2cccc(C(=O)O)c2)sc1C. The Morgan fingerprint density at radius 2 is 2.10 bits per heavy atom. The van der Waals surface area contributed by atoms with Crippen LogP contribution in [0.2, 0.25) is 0 Å². The van der Waals surface area contributed by atoms with E-state index in [1.165, 1.54) is 23.5 Å². The molecule has 0 atom stereocenters. The number of nitrogens with one attached hydrogen (secondary N) is 2. The number of aryl methyl sites for hydroxylation is 2. The van der Waals surface area contributed by atoms with E-state index in [1.54, 1.807) is 12.1 Å². The van der Waals surface area contributed by atoms with Crippen molar-refractivity contribution in [1.82, 2.24) is 10.3 Å². The maximum Gasteiger partial charge on any atom is 0.335 e. The van der Waals surface area contributed by atoms with Crippen LogP contribution in [0.3, 0.4) is 0 Å². The van der Waals surface area contributed by atoms with Gasteiger partial charge >= 0.3 is 12.0 Å². The van der Waals surface area contributed by atoms with Gasteiger partial charge in [-0.3, -0.25) is 5.32 Å². The largest absolute Gasteiger partial charge is 0.478 e. The third kappa shape index (κ3) is 4.03. The number of hydrogen-bond acceptors (Lipinski definition) is 4. The lowest BCUT2D eigenvalue weighted by molar-refractivity contribution is 0.0696. The number of carboxylic acid groups (broad SMARTS) is 1. The molecule has 0 bridgehead atoms. The number of thiazole rings is 1. The van der Waals surface area contributed by atoms with E-state index in [1.807, 2.05) is 13.8 Å². The second-order valence-electron chi connectivity index (χ2n) is 4.47. The Bertz CT molecular complexity index is 662. The van der Waals surface area contributed by atoms with E-state index in [4.69, 9.17) is 5.11 Å². The summed E-state index contributed by atoms with van der Waals surface area (Å²) in [6.45, 7) is 4.07. The summed E-state index contributed by atoms with van der Waals surface area (Å²) < 4.78 is 0. The summed E-state index contributed by atoms with van der Waals surface area (Å²) in [7, 11) is 0. The van der Waals surface area contributed by atoms with Crippen LogP contribution in [0, 0.1) is 13.8 Å². The second kappa shape index (κ2) is 6.36. The zero-order valence-electron chi connectivity index (χ0n) is 11.6. The van der Waals surface area contributed by atoms with Gasteiger partial charge in [-0.1, -0.05) is 12.1 Å². The van der Waals surface area contributed by atoms with E-state index in [9.17, 15) is 9.59 Å². The van der Waals surface area contributed by atoms with E-state index >= 15 is 0 Å². The minimum Gasteiger partial charge on any atom is -0.478 e. The Morgan fingerprint density at radius 3 is 2.71 bits per heavy atom. The molecule has 0 aliphatic heterocycles.